The molecule has 3 heteroatoms. The van der Waals surface area contributed by atoms with Crippen molar-refractivity contribution < 1.29 is 4.39 Å². The topological polar surface area (TPSA) is 26.0 Å². The lowest BCUT2D eigenvalue weighted by Crippen LogP contribution is -2.51. The minimum absolute atomic E-state index is 0. The van der Waals surface area contributed by atoms with Crippen molar-refractivity contribution in [3.63, 3.8) is 0 Å². The molecule has 0 spiro atoms. The van der Waals surface area contributed by atoms with Crippen molar-refractivity contribution in [1.29, 1.82) is 0 Å². The van der Waals surface area contributed by atoms with Gasteiger partial charge in [0.1, 0.15) is 5.67 Å². The van der Waals surface area contributed by atoms with Crippen molar-refractivity contribution in [3.05, 3.63) is 0 Å². The molecule has 0 aromatic heterocycles. The first-order valence-corrected chi connectivity index (χ1v) is 3.10. The molecule has 3 saturated carbocycles. The number of alkyl halides is 1. The maximum Gasteiger partial charge on any atom is 0.114 e. The molecule has 0 heterocycles. The Balaban J connectivity index is 0.000000405. The van der Waals surface area contributed by atoms with Crippen LogP contribution in [0.4, 0.5) is 4.39 Å². The highest BCUT2D eigenvalue weighted by atomic mass is 35.5. The molecular formula is C6H11ClFN. The number of fused-ring (bicyclic) bond motifs is 1. The molecule has 3 aliphatic carbocycles. The first kappa shape index (κ1) is 7.29. The number of hydrogen-bond donors (Lipinski definition) is 1. The maximum atomic E-state index is 12.8. The third kappa shape index (κ3) is 0.849. The third-order valence-corrected chi connectivity index (χ3v) is 2.41. The summed E-state index contributed by atoms with van der Waals surface area (Å²) in [6, 6.07) is 0. The predicted octanol–water partition coefficient (Wildman–Crippen LogP) is 1.40. The van der Waals surface area contributed by atoms with Crippen molar-refractivity contribution in [2.45, 2.75) is 36.9 Å². The summed E-state index contributed by atoms with van der Waals surface area (Å²) < 4.78 is 12.8. The van der Waals surface area contributed by atoms with Crippen molar-refractivity contribution in [1.82, 2.24) is 0 Å². The molecule has 54 valence electrons. The number of hydrogen-bond acceptors (Lipinski definition) is 1. The van der Waals surface area contributed by atoms with Crippen LogP contribution in [0.15, 0.2) is 0 Å². The van der Waals surface area contributed by atoms with E-state index in [2.05, 4.69) is 0 Å². The summed E-state index contributed by atoms with van der Waals surface area (Å²) >= 11 is 0. The maximum absolute atomic E-state index is 12.8. The van der Waals surface area contributed by atoms with Crippen LogP contribution in [0.3, 0.4) is 0 Å². The second-order valence-electron chi connectivity index (χ2n) is 3.37. The molecular weight excluding hydrogens is 141 g/mol. The van der Waals surface area contributed by atoms with E-state index >= 15 is 0 Å². The standard InChI is InChI=1S/C6H10FN.ClH/c7-5-1-2-6(8,3-5)4-5;/h1-4,8H2;1H. The summed E-state index contributed by atoms with van der Waals surface area (Å²) in [4.78, 5) is 0. The Labute approximate surface area is 60.2 Å². The number of rotatable bonds is 0. The molecule has 0 amide bonds. The highest BCUT2D eigenvalue weighted by Gasteiger charge is 2.59. The second-order valence-corrected chi connectivity index (χ2v) is 3.37. The Bertz CT molecular complexity index is 117. The lowest BCUT2D eigenvalue weighted by molar-refractivity contribution is 0.0578. The van der Waals surface area contributed by atoms with Gasteiger partial charge < -0.3 is 5.73 Å². The van der Waals surface area contributed by atoms with E-state index < -0.39 is 5.67 Å². The molecule has 9 heavy (non-hydrogen) atoms. The summed E-state index contributed by atoms with van der Waals surface area (Å²) in [5, 5.41) is 0. The summed E-state index contributed by atoms with van der Waals surface area (Å²) in [6.07, 6.45) is 2.87. The van der Waals surface area contributed by atoms with Gasteiger partial charge in [-0.25, -0.2) is 4.39 Å². The molecule has 3 aliphatic rings. The zero-order valence-electron chi connectivity index (χ0n) is 5.19. The normalized spacial score (nSPS) is 54.0. The summed E-state index contributed by atoms with van der Waals surface area (Å²) in [7, 11) is 0. The van der Waals surface area contributed by atoms with Gasteiger partial charge in [-0.05, 0) is 25.7 Å². The van der Waals surface area contributed by atoms with E-state index in [-0.39, 0.29) is 17.9 Å². The molecule has 0 aliphatic heterocycles. The van der Waals surface area contributed by atoms with E-state index in [4.69, 9.17) is 5.73 Å². The smallest absolute Gasteiger partial charge is 0.114 e. The Morgan fingerprint density at radius 2 is 1.78 bits per heavy atom. The van der Waals surface area contributed by atoms with Crippen LogP contribution in [0.2, 0.25) is 0 Å². The molecule has 2 N–H and O–H groups in total. The quantitative estimate of drug-likeness (QED) is 0.557. The summed E-state index contributed by atoms with van der Waals surface area (Å²) in [5.41, 5.74) is 4.79. The molecule has 0 unspecified atom stereocenters. The number of nitrogens with two attached hydrogens (primary N) is 1. The van der Waals surface area contributed by atoms with Gasteiger partial charge in [0.25, 0.3) is 0 Å². The Kier molecular flexibility index (Phi) is 1.30. The van der Waals surface area contributed by atoms with Crippen LogP contribution in [0.25, 0.3) is 0 Å². The largest absolute Gasteiger partial charge is 0.325 e. The van der Waals surface area contributed by atoms with E-state index in [1.807, 2.05) is 0 Å². The van der Waals surface area contributed by atoms with E-state index in [0.29, 0.717) is 19.3 Å². The van der Waals surface area contributed by atoms with Gasteiger partial charge in [-0.3, -0.25) is 0 Å². The number of halogens is 2. The zero-order valence-corrected chi connectivity index (χ0v) is 6.01. The monoisotopic (exact) mass is 151 g/mol. The first-order chi connectivity index (χ1) is 3.62. The van der Waals surface area contributed by atoms with E-state index in [1.54, 1.807) is 0 Å². The fourth-order valence-corrected chi connectivity index (χ4v) is 2.04. The molecule has 0 aromatic carbocycles. The van der Waals surface area contributed by atoms with E-state index in [1.165, 1.54) is 0 Å². The van der Waals surface area contributed by atoms with Crippen molar-refractivity contribution in [2.24, 2.45) is 5.73 Å². The van der Waals surface area contributed by atoms with Crippen LogP contribution in [-0.4, -0.2) is 11.2 Å². The molecule has 2 bridgehead atoms. The van der Waals surface area contributed by atoms with Crippen molar-refractivity contribution in [3.8, 4) is 0 Å². The third-order valence-electron chi connectivity index (χ3n) is 2.41. The van der Waals surface area contributed by atoms with Gasteiger partial charge in [-0.1, -0.05) is 0 Å². The Morgan fingerprint density at radius 3 is 1.89 bits per heavy atom. The van der Waals surface area contributed by atoms with Crippen LogP contribution in [0.5, 0.6) is 0 Å². The van der Waals surface area contributed by atoms with E-state index in [9.17, 15) is 4.39 Å². The average molecular weight is 152 g/mol. The average Bonchev–Trinajstić information content (AvgIpc) is 1.88. The van der Waals surface area contributed by atoms with Crippen molar-refractivity contribution in [2.75, 3.05) is 0 Å². The fourth-order valence-electron chi connectivity index (χ4n) is 2.04. The van der Waals surface area contributed by atoms with Gasteiger partial charge in [0.05, 0.1) is 0 Å². The van der Waals surface area contributed by atoms with Gasteiger partial charge >= 0.3 is 0 Å². The fraction of sp³-hybridized carbons (Fsp3) is 1.00. The van der Waals surface area contributed by atoms with Gasteiger partial charge in [-0.15, -0.1) is 12.4 Å². The first-order valence-electron chi connectivity index (χ1n) is 3.10. The van der Waals surface area contributed by atoms with Crippen LogP contribution >= 0.6 is 12.4 Å². The van der Waals surface area contributed by atoms with Crippen LogP contribution in [0, 0.1) is 0 Å². The second kappa shape index (κ2) is 1.61. The molecule has 3 rings (SSSR count). The highest BCUT2D eigenvalue weighted by Crippen LogP contribution is 2.55. The molecule has 0 saturated heterocycles. The zero-order chi connectivity index (χ0) is 5.83. The van der Waals surface area contributed by atoms with Gasteiger partial charge in [-0.2, -0.15) is 0 Å². The molecule has 0 atom stereocenters. The van der Waals surface area contributed by atoms with Crippen molar-refractivity contribution >= 4 is 12.4 Å². The van der Waals surface area contributed by atoms with Crippen LogP contribution in [0.1, 0.15) is 25.7 Å². The minimum Gasteiger partial charge on any atom is -0.325 e. The highest BCUT2D eigenvalue weighted by molar-refractivity contribution is 5.85. The Hall–Kier alpha value is 0.180. The molecule has 0 radical (unpaired) electrons. The van der Waals surface area contributed by atoms with Gasteiger partial charge in [0.15, 0.2) is 0 Å². The summed E-state index contributed by atoms with van der Waals surface area (Å²) in [6.45, 7) is 0. The molecule has 0 aromatic rings. The van der Waals surface area contributed by atoms with Crippen LogP contribution < -0.4 is 5.73 Å². The molecule has 1 nitrogen and oxygen atoms in total. The van der Waals surface area contributed by atoms with E-state index in [0.717, 1.165) is 6.42 Å². The van der Waals surface area contributed by atoms with Gasteiger partial charge in [0.2, 0.25) is 0 Å². The lowest BCUT2D eigenvalue weighted by Gasteiger charge is -2.38. The Morgan fingerprint density at radius 1 is 1.22 bits per heavy atom. The van der Waals surface area contributed by atoms with Gasteiger partial charge in [0, 0.05) is 5.54 Å². The predicted molar refractivity (Wildman–Crippen MR) is 36.5 cm³/mol. The molecule has 3 fully saturated rings. The minimum atomic E-state index is -0.825. The SMILES string of the molecule is Cl.NC12CCC(F)(C1)C2. The van der Waals surface area contributed by atoms with Crippen LogP contribution in [-0.2, 0) is 0 Å². The summed E-state index contributed by atoms with van der Waals surface area (Å²) in [5.74, 6) is 0. The lowest BCUT2D eigenvalue weighted by atomic mass is 9.76.